The molecule has 0 unspecified atom stereocenters. The van der Waals surface area contributed by atoms with Gasteiger partial charge in [0.25, 0.3) is 0 Å². The first kappa shape index (κ1) is 99.0. The Morgan fingerprint density at radius 2 is 0.659 bits per heavy atom. The van der Waals surface area contributed by atoms with E-state index in [0.717, 1.165) is 230 Å². The number of aromatic amines is 4. The summed E-state index contributed by atoms with van der Waals surface area (Å²) < 4.78 is 52.2. The molecule has 0 radical (unpaired) electrons. The molecule has 0 aliphatic carbocycles. The van der Waals surface area contributed by atoms with Crippen LogP contribution in [-0.2, 0) is 19.3 Å². The van der Waals surface area contributed by atoms with Crippen LogP contribution in [0.15, 0.2) is 194 Å². The Balaban J connectivity index is 0.000000135. The number of nitrogens with zero attached hydrogens (tertiary/aromatic N) is 12. The van der Waals surface area contributed by atoms with Gasteiger partial charge in [0, 0.05) is 221 Å². The van der Waals surface area contributed by atoms with Crippen LogP contribution in [0.5, 0.6) is 11.5 Å². The van der Waals surface area contributed by atoms with Gasteiger partial charge in [-0.25, -0.2) is 28.8 Å². The van der Waals surface area contributed by atoms with Crippen LogP contribution in [0.25, 0.3) is 45.0 Å². The van der Waals surface area contributed by atoms with Crippen molar-refractivity contribution in [1.29, 1.82) is 0 Å². The maximum absolute atomic E-state index is 12.9. The predicted molar refractivity (Wildman–Crippen MR) is 524 cm³/mol. The van der Waals surface area contributed by atoms with E-state index >= 15 is 0 Å². The van der Waals surface area contributed by atoms with Crippen molar-refractivity contribution in [2.24, 2.45) is 0 Å². The minimum atomic E-state index is -4.40. The number of aromatic hydroxyl groups is 1. The molecular formula is C102H138BrF3N18O8. The summed E-state index contributed by atoms with van der Waals surface area (Å²) in [6.45, 7) is 40.5. The molecule has 0 bridgehead atoms. The number of hydrogen-bond donors (Lipinski definition) is 7. The van der Waals surface area contributed by atoms with E-state index in [2.05, 4.69) is 171 Å². The number of halogens is 4. The van der Waals surface area contributed by atoms with Crippen LogP contribution in [-0.4, -0.2) is 229 Å². The number of nitrogens with one attached hydrogen (secondary N) is 6. The lowest BCUT2D eigenvalue weighted by Crippen LogP contribution is -2.51. The van der Waals surface area contributed by atoms with Gasteiger partial charge in [-0.3, -0.25) is 18.3 Å². The first-order valence-corrected chi connectivity index (χ1v) is 48.4. The number of urea groups is 2. The fourth-order valence-electron chi connectivity index (χ4n) is 19.5. The molecule has 0 saturated carbocycles. The van der Waals surface area contributed by atoms with Gasteiger partial charge in [0.2, 0.25) is 0 Å². The van der Waals surface area contributed by atoms with Crippen LogP contribution in [0.2, 0.25) is 0 Å². The van der Waals surface area contributed by atoms with Crippen LogP contribution in [0, 0.1) is 0 Å². The number of carbonyl (C=O) groups excluding carboxylic acids is 2. The third kappa shape index (κ3) is 25.7. The summed E-state index contributed by atoms with van der Waals surface area (Å²) >= 11 is 3.51. The number of fused-ring (bicyclic) bond motifs is 2. The van der Waals surface area contributed by atoms with Crippen molar-refractivity contribution in [3.05, 3.63) is 233 Å². The quantitative estimate of drug-likeness (QED) is 0.0447. The van der Waals surface area contributed by atoms with E-state index in [1.165, 1.54) is 17.2 Å². The minimum absolute atomic E-state index is 0.0110. The van der Waals surface area contributed by atoms with E-state index in [9.17, 15) is 47.0 Å². The first-order chi connectivity index (χ1) is 63.2. The Morgan fingerprint density at radius 3 is 1.02 bits per heavy atom. The van der Waals surface area contributed by atoms with Gasteiger partial charge in [0.15, 0.2) is 0 Å². The number of H-pyrrole nitrogens is 4. The fourth-order valence-corrected chi connectivity index (χ4v) is 19.9. The molecule has 6 fully saturated rings. The Hall–Kier alpha value is -10.5. The maximum Gasteiger partial charge on any atom is 0.416 e. The average Bonchev–Trinajstić information content (AvgIpc) is 1.76. The number of anilines is 2. The molecule has 4 aromatic heterocycles. The number of phenolic OH excluding ortho intramolecular Hbond substituents is 1. The van der Waals surface area contributed by atoms with E-state index in [1.807, 2.05) is 133 Å². The third-order valence-corrected chi connectivity index (χ3v) is 28.2. The zero-order valence-electron chi connectivity index (χ0n) is 79.2. The van der Waals surface area contributed by atoms with Crippen LogP contribution in [0.4, 0.5) is 34.1 Å². The Kier molecular flexibility index (Phi) is 34.1. The van der Waals surface area contributed by atoms with Gasteiger partial charge in [-0.15, -0.1) is 0 Å². The molecule has 10 aromatic rings. The molecule has 0 spiro atoms. The standard InChI is InChI=1S/C18H22F3N3O.C18H25N3O2.C17H23N3O2.C17H23N3O.C16H22BrN3O.C16H23N3O/c1-12(2)23-8-6-15(7-9-23)24-11-16(22-17(24)25)13-4-3-5-14(10-13)18(19,20)21;1-13(2)20-9-7-15(8-10-20)21-12-17(19-18(21)22)14-5-4-6-16(11-14)23-3;1-12(2)19-8-6-14(7-9-19)20-11-16(18-17(20)22)13-4-3-5-15(21)10-13;1-13(2)19-10-8-15(9-11-19)20-12-16(18-17(20)21)14-6-4-3-5-7-14;1-11(2)19-7-5-14(6-8-19)20-10-12-9-13(17)3-4-15(12)18-16(20)21;1-12(2)18-9-7-14(8-10-18)19-11-13-5-3-4-6-15(13)17-16(19)20/h3-5,10-12,15H,6-9H2,1-2H3,(H,22,25);4-6,11-13,15H,7-10H2,1-3H3,(H,19,22);3-5,10-12,14,21H,6-9H2,1-2H3,(H,18,22);3-7,12-13,15H,8-11H2,1-2H3,(H,18,21);3-4,9,11,14H,5-8,10H2,1-2H3,(H,18,21);3-6,12,14H,7-11H2,1-2H3,(H,17,20). The molecule has 8 aliphatic rings. The SMILES string of the molecule is CC(C)N1CCC(N2Cc3cc(Br)ccc3NC2=O)CC1.CC(C)N1CCC(N2Cc3ccccc3NC2=O)CC1.CC(C)N1CCC(n2cc(-c3cccc(C(F)(F)F)c3)[nH]c2=O)CC1.CC(C)N1CCC(n2cc(-c3cccc(O)c3)[nH]c2=O)CC1.CC(C)N1CCC(n2cc(-c3ccccc3)[nH]c2=O)CC1.COc1cccc(-c2cn(C3CCN(C(C)C)CC3)c(=O)[nH]2)c1. The molecule has 12 heterocycles. The number of aromatic nitrogens is 8. The predicted octanol–water partition coefficient (Wildman–Crippen LogP) is 18.9. The number of amides is 4. The van der Waals surface area contributed by atoms with Crippen molar-refractivity contribution in [2.75, 3.05) is 96.3 Å². The van der Waals surface area contributed by atoms with Crippen LogP contribution < -0.4 is 38.1 Å². The van der Waals surface area contributed by atoms with E-state index < -0.39 is 11.7 Å². The molecule has 30 heteroatoms. The van der Waals surface area contributed by atoms with Crippen molar-refractivity contribution in [3.63, 3.8) is 0 Å². The topological polar surface area (TPSA) is 265 Å². The average molecular weight is 1880 g/mol. The second-order valence-corrected chi connectivity index (χ2v) is 38.9. The van der Waals surface area contributed by atoms with Crippen molar-refractivity contribution in [1.82, 2.24) is 77.4 Å². The molecule has 7 N–H and O–H groups in total. The van der Waals surface area contributed by atoms with Gasteiger partial charge in [0.05, 0.1) is 35.4 Å². The Labute approximate surface area is 783 Å². The van der Waals surface area contributed by atoms with Crippen molar-refractivity contribution < 1.29 is 32.6 Å². The van der Waals surface area contributed by atoms with Crippen LogP contribution >= 0.6 is 15.9 Å². The fraction of sp³-hybridized carbons (Fsp3) is 0.510. The molecule has 132 heavy (non-hydrogen) atoms. The summed E-state index contributed by atoms with van der Waals surface area (Å²) in [4.78, 5) is 104. The molecule has 712 valence electrons. The zero-order valence-corrected chi connectivity index (χ0v) is 80.7. The lowest BCUT2D eigenvalue weighted by Gasteiger charge is -2.41. The number of alkyl halides is 3. The van der Waals surface area contributed by atoms with Crippen molar-refractivity contribution >= 4 is 39.4 Å². The number of benzene rings is 6. The highest BCUT2D eigenvalue weighted by Gasteiger charge is 2.37. The molecule has 6 saturated heterocycles. The van der Waals surface area contributed by atoms with Crippen molar-refractivity contribution in [3.8, 4) is 56.5 Å². The Morgan fingerprint density at radius 1 is 0.348 bits per heavy atom. The van der Waals surface area contributed by atoms with Crippen molar-refractivity contribution in [2.45, 2.75) is 252 Å². The summed E-state index contributed by atoms with van der Waals surface area (Å²) in [5, 5.41) is 15.6. The second-order valence-electron chi connectivity index (χ2n) is 38.0. The normalized spacial score (nSPS) is 18.3. The minimum Gasteiger partial charge on any atom is -0.508 e. The van der Waals surface area contributed by atoms with Gasteiger partial charge in [0.1, 0.15) is 11.5 Å². The van der Waals surface area contributed by atoms with Gasteiger partial charge in [-0.05, 0) is 237 Å². The molecule has 18 rings (SSSR count). The van der Waals surface area contributed by atoms with Gasteiger partial charge >= 0.3 is 41.0 Å². The summed E-state index contributed by atoms with van der Waals surface area (Å²) in [5.74, 6) is 0.998. The number of para-hydroxylation sites is 1. The Bertz CT molecular complexity index is 5620. The summed E-state index contributed by atoms with van der Waals surface area (Å²) in [6.07, 6.45) is 15.2. The first-order valence-electron chi connectivity index (χ1n) is 47.6. The molecule has 6 aromatic carbocycles. The number of hydrogen-bond acceptors (Lipinski definition) is 14. The van der Waals surface area contributed by atoms with Crippen LogP contribution in [0.1, 0.15) is 201 Å². The smallest absolute Gasteiger partial charge is 0.416 e. The zero-order chi connectivity index (χ0) is 94.2. The molecule has 8 aliphatic heterocycles. The number of ether oxygens (including phenoxy) is 1. The van der Waals surface area contributed by atoms with Gasteiger partial charge in [-0.2, -0.15) is 13.2 Å². The number of piperidine rings is 6. The summed E-state index contributed by atoms with van der Waals surface area (Å²) in [5.41, 5.74) is 9.42. The third-order valence-electron chi connectivity index (χ3n) is 27.7. The highest BCUT2D eigenvalue weighted by atomic mass is 79.9. The highest BCUT2D eigenvalue weighted by molar-refractivity contribution is 9.10. The lowest BCUT2D eigenvalue weighted by atomic mass is 10.00. The van der Waals surface area contributed by atoms with Gasteiger partial charge in [-0.1, -0.05) is 101 Å². The molecule has 0 atom stereocenters. The number of likely N-dealkylation sites (tertiary alicyclic amines) is 6. The lowest BCUT2D eigenvalue weighted by molar-refractivity contribution is -0.137. The number of methoxy groups -OCH3 is 1. The van der Waals surface area contributed by atoms with E-state index in [-0.39, 0.29) is 58.7 Å². The number of carbonyl (C=O) groups is 2. The van der Waals surface area contributed by atoms with E-state index in [4.69, 9.17) is 4.74 Å². The highest BCUT2D eigenvalue weighted by Crippen LogP contribution is 2.37. The monoisotopic (exact) mass is 1880 g/mol. The largest absolute Gasteiger partial charge is 0.508 e. The summed E-state index contributed by atoms with van der Waals surface area (Å²) in [6, 6.07) is 49.1. The number of rotatable bonds is 17. The maximum atomic E-state index is 12.9. The van der Waals surface area contributed by atoms with E-state index in [1.54, 1.807) is 42.1 Å². The van der Waals surface area contributed by atoms with Gasteiger partial charge < -0.3 is 79.6 Å². The number of phenols is 1. The molecule has 4 amide bonds. The number of imidazole rings is 4. The summed E-state index contributed by atoms with van der Waals surface area (Å²) in [7, 11) is 1.65. The van der Waals surface area contributed by atoms with Crippen LogP contribution in [0.3, 0.4) is 0 Å². The second kappa shape index (κ2) is 45.5. The molecular weight excluding hydrogens is 1740 g/mol. The molecule has 26 nitrogen and oxygen atoms in total. The van der Waals surface area contributed by atoms with E-state index in [0.29, 0.717) is 72.2 Å².